The molecule has 0 radical (unpaired) electrons. The van der Waals surface area contributed by atoms with Gasteiger partial charge in [0.25, 0.3) is 5.56 Å². The van der Waals surface area contributed by atoms with Crippen molar-refractivity contribution in [3.05, 3.63) is 85.0 Å². The molecule has 0 atom stereocenters. The number of nitrogens with zero attached hydrogens (tertiary/aromatic N) is 5. The van der Waals surface area contributed by atoms with Gasteiger partial charge in [0.15, 0.2) is 11.2 Å². The fourth-order valence-corrected chi connectivity index (χ4v) is 4.56. The Morgan fingerprint density at radius 1 is 1.03 bits per heavy atom. The second-order valence-electron chi connectivity index (χ2n) is 8.06. The van der Waals surface area contributed by atoms with Gasteiger partial charge in [-0.15, -0.1) is 0 Å². The molecule has 0 amide bonds. The molecule has 0 aliphatic carbocycles. The zero-order valence-corrected chi connectivity index (χ0v) is 18.3. The predicted octanol–water partition coefficient (Wildman–Crippen LogP) is 3.37. The third-order valence-electron chi connectivity index (χ3n) is 5.81. The molecule has 4 aromatic rings. The lowest BCUT2D eigenvalue weighted by molar-refractivity contribution is 0.652. The van der Waals surface area contributed by atoms with E-state index in [0.29, 0.717) is 35.2 Å². The van der Waals surface area contributed by atoms with E-state index in [2.05, 4.69) is 36.9 Å². The predicted molar refractivity (Wildman–Crippen MR) is 123 cm³/mol. The van der Waals surface area contributed by atoms with Gasteiger partial charge in [-0.2, -0.15) is 4.98 Å². The van der Waals surface area contributed by atoms with Crippen molar-refractivity contribution < 1.29 is 0 Å². The Bertz CT molecular complexity index is 1440. The van der Waals surface area contributed by atoms with Gasteiger partial charge in [0.1, 0.15) is 0 Å². The number of imidazole rings is 1. The van der Waals surface area contributed by atoms with Crippen LogP contribution in [0.1, 0.15) is 16.7 Å². The van der Waals surface area contributed by atoms with Crippen LogP contribution in [0.25, 0.3) is 11.2 Å². The number of benzene rings is 2. The first-order valence-corrected chi connectivity index (χ1v) is 10.5. The molecule has 31 heavy (non-hydrogen) atoms. The molecule has 7 nitrogen and oxygen atoms in total. The van der Waals surface area contributed by atoms with Gasteiger partial charge in [-0.3, -0.25) is 13.9 Å². The summed E-state index contributed by atoms with van der Waals surface area (Å²) in [4.78, 5) is 33.2. The number of aromatic nitrogens is 4. The van der Waals surface area contributed by atoms with Crippen molar-refractivity contribution in [1.29, 1.82) is 0 Å². The van der Waals surface area contributed by atoms with Crippen LogP contribution in [0.3, 0.4) is 0 Å². The maximum atomic E-state index is 13.4. The lowest BCUT2D eigenvalue weighted by atomic mass is 10.1. The molecular weight excluding hydrogens is 414 g/mol. The topological polar surface area (TPSA) is 65.1 Å². The Hall–Kier alpha value is -3.32. The van der Waals surface area contributed by atoms with Gasteiger partial charge < -0.3 is 9.47 Å². The van der Waals surface area contributed by atoms with Crippen molar-refractivity contribution in [2.45, 2.75) is 26.9 Å². The quantitative estimate of drug-likeness (QED) is 0.495. The van der Waals surface area contributed by atoms with Gasteiger partial charge in [0.2, 0.25) is 5.95 Å². The molecule has 0 N–H and O–H groups in total. The van der Waals surface area contributed by atoms with Crippen molar-refractivity contribution in [3.8, 4) is 0 Å². The second-order valence-corrected chi connectivity index (χ2v) is 8.46. The summed E-state index contributed by atoms with van der Waals surface area (Å²) < 4.78 is 4.59. The summed E-state index contributed by atoms with van der Waals surface area (Å²) in [6, 6.07) is 13.6. The van der Waals surface area contributed by atoms with Crippen LogP contribution < -0.4 is 16.1 Å². The molecule has 0 saturated heterocycles. The molecule has 2 aromatic carbocycles. The molecule has 158 valence electrons. The SMILES string of the molecule is Cc1cc(C)cc(N2CCn3c2nc2c3c(=O)n(Cc3ccccc3Cl)c(=O)n2C)c1. The minimum absolute atomic E-state index is 0.114. The van der Waals surface area contributed by atoms with Gasteiger partial charge in [0, 0.05) is 30.8 Å². The Labute approximate surface area is 183 Å². The van der Waals surface area contributed by atoms with Crippen LogP contribution in [0, 0.1) is 13.8 Å². The first kappa shape index (κ1) is 19.6. The number of anilines is 2. The van der Waals surface area contributed by atoms with E-state index < -0.39 is 5.69 Å². The van der Waals surface area contributed by atoms with E-state index in [9.17, 15) is 9.59 Å². The summed E-state index contributed by atoms with van der Waals surface area (Å²) in [5, 5.41) is 0.524. The molecule has 0 fully saturated rings. The Morgan fingerprint density at radius 2 is 1.74 bits per heavy atom. The lowest BCUT2D eigenvalue weighted by Crippen LogP contribution is -2.40. The first-order valence-electron chi connectivity index (χ1n) is 10.1. The number of hydrogen-bond acceptors (Lipinski definition) is 4. The largest absolute Gasteiger partial charge is 0.332 e. The maximum absolute atomic E-state index is 13.4. The first-order chi connectivity index (χ1) is 14.8. The highest BCUT2D eigenvalue weighted by atomic mass is 35.5. The molecule has 0 spiro atoms. The highest BCUT2D eigenvalue weighted by Crippen LogP contribution is 2.32. The average molecular weight is 436 g/mol. The van der Waals surface area contributed by atoms with E-state index in [1.54, 1.807) is 13.1 Å². The smallest absolute Gasteiger partial charge is 0.310 e. The molecule has 2 aromatic heterocycles. The number of aryl methyl sites for hydroxylation is 3. The summed E-state index contributed by atoms with van der Waals surface area (Å²) in [5.41, 5.74) is 4.17. The molecule has 0 bridgehead atoms. The van der Waals surface area contributed by atoms with Crippen LogP contribution in [-0.2, 0) is 20.1 Å². The van der Waals surface area contributed by atoms with Gasteiger partial charge >= 0.3 is 5.69 Å². The van der Waals surface area contributed by atoms with E-state index in [1.165, 1.54) is 20.3 Å². The van der Waals surface area contributed by atoms with Crippen molar-refractivity contribution in [1.82, 2.24) is 18.7 Å². The van der Waals surface area contributed by atoms with Crippen LogP contribution in [-0.4, -0.2) is 25.2 Å². The van der Waals surface area contributed by atoms with Crippen molar-refractivity contribution in [2.24, 2.45) is 7.05 Å². The Kier molecular flexibility index (Phi) is 4.51. The molecule has 8 heteroatoms. The van der Waals surface area contributed by atoms with E-state index in [0.717, 1.165) is 11.3 Å². The Morgan fingerprint density at radius 3 is 2.45 bits per heavy atom. The normalized spacial score (nSPS) is 13.2. The number of hydrogen-bond donors (Lipinski definition) is 0. The summed E-state index contributed by atoms with van der Waals surface area (Å²) in [6.07, 6.45) is 0. The zero-order valence-electron chi connectivity index (χ0n) is 17.6. The fourth-order valence-electron chi connectivity index (χ4n) is 4.37. The van der Waals surface area contributed by atoms with Crippen LogP contribution in [0.2, 0.25) is 5.02 Å². The van der Waals surface area contributed by atoms with Crippen molar-refractivity contribution >= 4 is 34.4 Å². The van der Waals surface area contributed by atoms with Crippen LogP contribution in [0.4, 0.5) is 11.6 Å². The third-order valence-corrected chi connectivity index (χ3v) is 6.17. The van der Waals surface area contributed by atoms with Gasteiger partial charge in [-0.25, -0.2) is 4.79 Å². The van der Waals surface area contributed by atoms with Gasteiger partial charge in [-0.1, -0.05) is 35.9 Å². The number of rotatable bonds is 3. The lowest BCUT2D eigenvalue weighted by Gasteiger charge is -2.17. The molecule has 5 rings (SSSR count). The number of fused-ring (bicyclic) bond motifs is 3. The molecular formula is C23H22ClN5O2. The monoisotopic (exact) mass is 435 g/mol. The van der Waals surface area contributed by atoms with E-state index >= 15 is 0 Å². The van der Waals surface area contributed by atoms with E-state index in [4.69, 9.17) is 16.6 Å². The minimum atomic E-state index is -0.410. The fraction of sp³-hybridized carbons (Fsp3) is 0.261. The van der Waals surface area contributed by atoms with Gasteiger partial charge in [-0.05, 0) is 48.7 Å². The summed E-state index contributed by atoms with van der Waals surface area (Å²) in [5.74, 6) is 0.683. The van der Waals surface area contributed by atoms with Gasteiger partial charge in [0.05, 0.1) is 6.54 Å². The minimum Gasteiger partial charge on any atom is -0.310 e. The molecule has 0 saturated carbocycles. The van der Waals surface area contributed by atoms with Crippen LogP contribution in [0.15, 0.2) is 52.1 Å². The molecule has 0 unspecified atom stereocenters. The molecule has 1 aliphatic rings. The van der Waals surface area contributed by atoms with Crippen LogP contribution in [0.5, 0.6) is 0 Å². The third kappa shape index (κ3) is 3.08. The molecule has 1 aliphatic heterocycles. The number of halogens is 1. The average Bonchev–Trinajstić information content (AvgIpc) is 3.29. The highest BCUT2D eigenvalue weighted by molar-refractivity contribution is 6.31. The summed E-state index contributed by atoms with van der Waals surface area (Å²) in [6.45, 7) is 5.58. The van der Waals surface area contributed by atoms with Crippen molar-refractivity contribution in [3.63, 3.8) is 0 Å². The standard InChI is InChI=1S/C23H22ClN5O2/c1-14-10-15(2)12-17(11-14)27-8-9-28-19-20(25-22(27)28)26(3)23(31)29(21(19)30)13-16-6-4-5-7-18(16)24/h4-7,10-12H,8-9,13H2,1-3H3. The van der Waals surface area contributed by atoms with Crippen molar-refractivity contribution in [2.75, 3.05) is 11.4 Å². The Balaban J connectivity index is 1.69. The van der Waals surface area contributed by atoms with E-state index in [-0.39, 0.29) is 12.1 Å². The summed E-state index contributed by atoms with van der Waals surface area (Å²) >= 11 is 6.27. The molecule has 3 heterocycles. The highest BCUT2D eigenvalue weighted by Gasteiger charge is 2.29. The van der Waals surface area contributed by atoms with Crippen LogP contribution >= 0.6 is 11.6 Å². The summed E-state index contributed by atoms with van der Waals surface area (Å²) in [7, 11) is 1.65. The van der Waals surface area contributed by atoms with E-state index in [1.807, 2.05) is 22.8 Å². The maximum Gasteiger partial charge on any atom is 0.332 e. The zero-order chi connectivity index (χ0) is 21.9. The second kappa shape index (κ2) is 7.13.